The van der Waals surface area contributed by atoms with Gasteiger partial charge in [-0.2, -0.15) is 0 Å². The number of ether oxygens (including phenoxy) is 2. The van der Waals surface area contributed by atoms with E-state index in [1.54, 1.807) is 4.57 Å². The number of aliphatic hydroxyl groups is 1. The van der Waals surface area contributed by atoms with Crippen molar-refractivity contribution in [2.75, 3.05) is 6.61 Å². The van der Waals surface area contributed by atoms with Crippen LogP contribution < -0.4 is 0 Å². The molecule has 2 aliphatic rings. The Bertz CT molecular complexity index is 1570. The molecular formula is C35H41NO4. The average molecular weight is 540 g/mol. The average Bonchev–Trinajstić information content (AvgIpc) is 3.23. The standard InChI is InChI=1S/C35H41NO4/c1-33(2,3)40-32(38)36-28-14-10-9-13-25(28)26-20-27-24(19-29(26)36)15-16-30-34(27,4)18-17-31(37)35(30,5)22-39-21-23-11-7-6-8-12-23/h6-14,19-20,30-31,37H,15-18,21-22H2,1-5H3/t30-,31+,34-,35+/m1/s1. The van der Waals surface area contributed by atoms with Crippen molar-refractivity contribution in [2.24, 2.45) is 11.3 Å². The highest BCUT2D eigenvalue weighted by atomic mass is 16.6. The van der Waals surface area contributed by atoms with Crippen LogP contribution in [0.1, 0.15) is 70.6 Å². The van der Waals surface area contributed by atoms with E-state index in [1.807, 2.05) is 57.2 Å². The molecule has 4 atom stereocenters. The van der Waals surface area contributed by atoms with Gasteiger partial charge in [-0.05, 0) is 92.7 Å². The molecule has 0 saturated heterocycles. The number of aliphatic hydroxyl groups excluding tert-OH is 1. The number of carbonyl (C=O) groups is 1. The van der Waals surface area contributed by atoms with Crippen LogP contribution in [0.4, 0.5) is 4.79 Å². The molecule has 1 heterocycles. The van der Waals surface area contributed by atoms with Crippen molar-refractivity contribution in [1.82, 2.24) is 4.57 Å². The van der Waals surface area contributed by atoms with Crippen LogP contribution in [0.25, 0.3) is 21.8 Å². The predicted octanol–water partition coefficient (Wildman–Crippen LogP) is 7.78. The molecule has 5 nitrogen and oxygen atoms in total. The van der Waals surface area contributed by atoms with Gasteiger partial charge in [-0.15, -0.1) is 0 Å². The van der Waals surface area contributed by atoms with Gasteiger partial charge in [0, 0.05) is 16.2 Å². The molecule has 0 radical (unpaired) electrons. The molecule has 2 aliphatic carbocycles. The number of hydrogen-bond donors (Lipinski definition) is 1. The van der Waals surface area contributed by atoms with Crippen molar-refractivity contribution in [3.05, 3.63) is 83.4 Å². The van der Waals surface area contributed by atoms with Crippen LogP contribution in [0.5, 0.6) is 0 Å². The minimum Gasteiger partial charge on any atom is -0.443 e. The van der Waals surface area contributed by atoms with E-state index in [2.05, 4.69) is 44.2 Å². The third kappa shape index (κ3) is 4.44. The highest BCUT2D eigenvalue weighted by Crippen LogP contribution is 2.58. The van der Waals surface area contributed by atoms with Crippen molar-refractivity contribution in [2.45, 2.75) is 84.0 Å². The minimum absolute atomic E-state index is 0.0962. The van der Waals surface area contributed by atoms with Gasteiger partial charge in [-0.25, -0.2) is 9.36 Å². The monoisotopic (exact) mass is 539 g/mol. The van der Waals surface area contributed by atoms with Crippen LogP contribution in [-0.4, -0.2) is 34.1 Å². The topological polar surface area (TPSA) is 60.7 Å². The minimum atomic E-state index is -0.584. The summed E-state index contributed by atoms with van der Waals surface area (Å²) in [6.45, 7) is 11.4. The normalized spacial score (nSPS) is 26.4. The molecule has 0 unspecified atom stereocenters. The predicted molar refractivity (Wildman–Crippen MR) is 160 cm³/mol. The molecule has 1 fully saturated rings. The van der Waals surface area contributed by atoms with Gasteiger partial charge in [0.2, 0.25) is 0 Å². The Kier molecular flexibility index (Phi) is 6.59. The molecule has 0 bridgehead atoms. The first kappa shape index (κ1) is 27.0. The van der Waals surface area contributed by atoms with Crippen molar-refractivity contribution in [3.63, 3.8) is 0 Å². The van der Waals surface area contributed by atoms with Crippen molar-refractivity contribution in [1.29, 1.82) is 0 Å². The lowest BCUT2D eigenvalue weighted by atomic mass is 9.49. The van der Waals surface area contributed by atoms with Crippen molar-refractivity contribution in [3.8, 4) is 0 Å². The Labute approximate surface area is 237 Å². The summed E-state index contributed by atoms with van der Waals surface area (Å²) in [4.78, 5) is 13.4. The number of carbonyl (C=O) groups excluding carboxylic acids is 1. The zero-order chi connectivity index (χ0) is 28.3. The van der Waals surface area contributed by atoms with E-state index < -0.39 is 11.7 Å². The zero-order valence-electron chi connectivity index (χ0n) is 24.4. The number of benzene rings is 3. The summed E-state index contributed by atoms with van der Waals surface area (Å²) in [5.41, 5.74) is 4.54. The van der Waals surface area contributed by atoms with Gasteiger partial charge >= 0.3 is 6.09 Å². The molecule has 3 aromatic carbocycles. The summed E-state index contributed by atoms with van der Waals surface area (Å²) in [6.07, 6.45) is 2.81. The number of fused-ring (bicyclic) bond motifs is 6. The molecule has 4 aromatic rings. The van der Waals surface area contributed by atoms with Gasteiger partial charge in [0.05, 0.1) is 30.4 Å². The number of hydrogen-bond acceptors (Lipinski definition) is 4. The third-order valence-electron chi connectivity index (χ3n) is 9.58. The van der Waals surface area contributed by atoms with Gasteiger partial charge in [0.15, 0.2) is 0 Å². The van der Waals surface area contributed by atoms with Crippen LogP contribution in [0.3, 0.4) is 0 Å². The van der Waals surface area contributed by atoms with E-state index >= 15 is 0 Å². The van der Waals surface area contributed by atoms with E-state index in [9.17, 15) is 9.90 Å². The molecular weight excluding hydrogens is 498 g/mol. The largest absolute Gasteiger partial charge is 0.443 e. The molecule has 0 aliphatic heterocycles. The summed E-state index contributed by atoms with van der Waals surface area (Å²) in [5, 5.41) is 13.5. The molecule has 1 aromatic heterocycles. The van der Waals surface area contributed by atoms with E-state index in [-0.39, 0.29) is 22.8 Å². The Hall–Kier alpha value is -3.15. The van der Waals surface area contributed by atoms with Gasteiger partial charge in [-0.3, -0.25) is 0 Å². The summed E-state index contributed by atoms with van der Waals surface area (Å²) < 4.78 is 13.9. The maximum atomic E-state index is 13.4. The lowest BCUT2D eigenvalue weighted by Crippen LogP contribution is -2.57. The highest BCUT2D eigenvalue weighted by molar-refractivity contribution is 6.13. The number of aryl methyl sites for hydroxylation is 1. The summed E-state index contributed by atoms with van der Waals surface area (Å²) in [5.74, 6) is 0.281. The second kappa shape index (κ2) is 9.74. The van der Waals surface area contributed by atoms with Gasteiger partial charge in [-0.1, -0.05) is 62.4 Å². The fourth-order valence-electron chi connectivity index (χ4n) is 7.63. The van der Waals surface area contributed by atoms with Gasteiger partial charge < -0.3 is 14.6 Å². The van der Waals surface area contributed by atoms with E-state index in [0.717, 1.165) is 53.1 Å². The van der Waals surface area contributed by atoms with Crippen LogP contribution in [-0.2, 0) is 27.9 Å². The van der Waals surface area contributed by atoms with Crippen molar-refractivity contribution < 1.29 is 19.4 Å². The maximum absolute atomic E-state index is 13.4. The Balaban J connectivity index is 1.40. The number of para-hydroxylation sites is 1. The zero-order valence-corrected chi connectivity index (χ0v) is 24.4. The number of rotatable bonds is 4. The molecule has 5 heteroatoms. The number of aromatic nitrogens is 1. The lowest BCUT2D eigenvalue weighted by molar-refractivity contribution is -0.127. The van der Waals surface area contributed by atoms with Crippen LogP contribution >= 0.6 is 0 Å². The van der Waals surface area contributed by atoms with Crippen LogP contribution in [0.2, 0.25) is 0 Å². The van der Waals surface area contributed by atoms with E-state index in [0.29, 0.717) is 13.2 Å². The summed E-state index contributed by atoms with van der Waals surface area (Å²) >= 11 is 0. The SMILES string of the molecule is CC(C)(C)OC(=O)n1c2ccccc2c2cc3c(cc21)CC[C@H]1[C@](C)(COCc2ccccc2)[C@@H](O)CC[C@]31C. The Morgan fingerprint density at radius 1 is 0.975 bits per heavy atom. The first-order valence-corrected chi connectivity index (χ1v) is 14.6. The Morgan fingerprint density at radius 2 is 1.70 bits per heavy atom. The quantitative estimate of drug-likeness (QED) is 0.288. The van der Waals surface area contributed by atoms with Gasteiger partial charge in [0.1, 0.15) is 5.60 Å². The molecule has 6 rings (SSSR count). The fraction of sp³-hybridized carbons (Fsp3) is 0.457. The third-order valence-corrected chi connectivity index (χ3v) is 9.58. The van der Waals surface area contributed by atoms with Crippen LogP contribution in [0, 0.1) is 11.3 Å². The lowest BCUT2D eigenvalue weighted by Gasteiger charge is -2.57. The molecule has 0 spiro atoms. The molecule has 0 amide bonds. The van der Waals surface area contributed by atoms with E-state index in [1.165, 1.54) is 11.1 Å². The summed E-state index contributed by atoms with van der Waals surface area (Å²) in [6, 6.07) is 22.9. The second-order valence-corrected chi connectivity index (χ2v) is 13.4. The first-order valence-electron chi connectivity index (χ1n) is 14.6. The van der Waals surface area contributed by atoms with E-state index in [4.69, 9.17) is 9.47 Å². The smallest absolute Gasteiger partial charge is 0.419 e. The second-order valence-electron chi connectivity index (χ2n) is 13.4. The van der Waals surface area contributed by atoms with Crippen molar-refractivity contribution >= 4 is 27.9 Å². The van der Waals surface area contributed by atoms with Gasteiger partial charge in [0.25, 0.3) is 0 Å². The maximum Gasteiger partial charge on any atom is 0.419 e. The molecule has 40 heavy (non-hydrogen) atoms. The molecule has 210 valence electrons. The number of nitrogens with zero attached hydrogens (tertiary/aromatic N) is 1. The molecule has 1 saturated carbocycles. The van der Waals surface area contributed by atoms with Crippen LogP contribution in [0.15, 0.2) is 66.7 Å². The first-order chi connectivity index (χ1) is 19.0. The molecule has 1 N–H and O–H groups in total. The highest BCUT2D eigenvalue weighted by Gasteiger charge is 2.55. The Morgan fingerprint density at radius 3 is 2.45 bits per heavy atom. The fourth-order valence-corrected chi connectivity index (χ4v) is 7.63. The summed E-state index contributed by atoms with van der Waals surface area (Å²) in [7, 11) is 0.